The summed E-state index contributed by atoms with van der Waals surface area (Å²) < 4.78 is 0. The van der Waals surface area contributed by atoms with Crippen LogP contribution >= 0.6 is 0 Å². The van der Waals surface area contributed by atoms with Gasteiger partial charge in [0.1, 0.15) is 0 Å². The maximum atomic E-state index is 2.53. The number of hydrogen-bond donors (Lipinski definition) is 0. The Bertz CT molecular complexity index is 2620. The normalized spacial score (nSPS) is 11.9. The molecule has 0 fully saturated rings. The third kappa shape index (κ3) is 6.22. The molecule has 0 unspecified atom stereocenters. The minimum absolute atomic E-state index is 0.330. The van der Waals surface area contributed by atoms with E-state index in [4.69, 9.17) is 0 Å². The first kappa shape index (κ1) is 36.4. The van der Waals surface area contributed by atoms with Crippen LogP contribution in [0.2, 0.25) is 0 Å². The van der Waals surface area contributed by atoms with Gasteiger partial charge in [0.15, 0.2) is 0 Å². The summed E-state index contributed by atoms with van der Waals surface area (Å²) in [5.41, 5.74) is 16.4. The molecule has 0 saturated heterocycles. The van der Waals surface area contributed by atoms with Crippen molar-refractivity contribution in [3.05, 3.63) is 166 Å². The van der Waals surface area contributed by atoms with E-state index < -0.39 is 0 Å². The van der Waals surface area contributed by atoms with E-state index in [-0.39, 0.29) is 0 Å². The first-order chi connectivity index (χ1) is 26.4. The highest BCUT2D eigenvalue weighted by Crippen LogP contribution is 2.50. The van der Waals surface area contributed by atoms with E-state index in [1.165, 1.54) is 105 Å². The molecule has 8 aromatic carbocycles. The van der Waals surface area contributed by atoms with Crippen molar-refractivity contribution in [2.24, 2.45) is 0 Å². The van der Waals surface area contributed by atoms with Crippen molar-refractivity contribution in [1.29, 1.82) is 0 Å². The van der Waals surface area contributed by atoms with Crippen molar-refractivity contribution < 1.29 is 0 Å². The standard InChI is InChI=1S/C53H54N2/c1-32(2)39-17-23-42(24-18-39)54(52-35(7)13-11-14-36(52)8)48-30-22-41-21-27-46-49(31-47(34(5)6)44-28-29-45(48)50(41)51(44)46)55(53-37(9)15-12-16-38(53)10)43-25-19-40(20-26-43)33(3)4/h11-34H,1-10H3. The van der Waals surface area contributed by atoms with Gasteiger partial charge >= 0.3 is 0 Å². The van der Waals surface area contributed by atoms with Gasteiger partial charge in [-0.05, 0) is 142 Å². The minimum Gasteiger partial charge on any atom is -0.309 e. The molecule has 0 aliphatic carbocycles. The summed E-state index contributed by atoms with van der Waals surface area (Å²) in [7, 11) is 0. The Morgan fingerprint density at radius 1 is 0.382 bits per heavy atom. The summed E-state index contributed by atoms with van der Waals surface area (Å²) in [4.78, 5) is 5.04. The highest BCUT2D eigenvalue weighted by Gasteiger charge is 2.26. The fraction of sp³-hybridized carbons (Fsp3) is 0.245. The minimum atomic E-state index is 0.330. The topological polar surface area (TPSA) is 6.48 Å². The smallest absolute Gasteiger partial charge is 0.0543 e. The molecule has 276 valence electrons. The molecular formula is C53H54N2. The predicted molar refractivity (Wildman–Crippen MR) is 241 cm³/mol. The van der Waals surface area contributed by atoms with Crippen molar-refractivity contribution in [3.8, 4) is 0 Å². The van der Waals surface area contributed by atoms with Crippen LogP contribution in [0.4, 0.5) is 34.1 Å². The van der Waals surface area contributed by atoms with Gasteiger partial charge < -0.3 is 9.80 Å². The highest BCUT2D eigenvalue weighted by atomic mass is 15.2. The quantitative estimate of drug-likeness (QED) is 0.137. The van der Waals surface area contributed by atoms with Gasteiger partial charge in [-0.15, -0.1) is 0 Å². The van der Waals surface area contributed by atoms with E-state index in [1.54, 1.807) is 0 Å². The number of rotatable bonds is 9. The molecule has 8 rings (SSSR count). The van der Waals surface area contributed by atoms with Gasteiger partial charge in [0.05, 0.1) is 22.7 Å². The molecule has 0 aliphatic rings. The molecular weight excluding hydrogens is 665 g/mol. The van der Waals surface area contributed by atoms with Gasteiger partial charge in [0.25, 0.3) is 0 Å². The molecule has 8 aromatic rings. The van der Waals surface area contributed by atoms with E-state index in [9.17, 15) is 0 Å². The zero-order chi connectivity index (χ0) is 38.7. The van der Waals surface area contributed by atoms with Crippen LogP contribution in [0, 0.1) is 27.7 Å². The van der Waals surface area contributed by atoms with Crippen LogP contribution in [-0.4, -0.2) is 0 Å². The molecule has 2 heteroatoms. The van der Waals surface area contributed by atoms with Gasteiger partial charge in [-0.1, -0.05) is 133 Å². The fourth-order valence-electron chi connectivity index (χ4n) is 8.86. The monoisotopic (exact) mass is 718 g/mol. The zero-order valence-electron chi connectivity index (χ0n) is 34.3. The Morgan fingerprint density at radius 2 is 0.800 bits per heavy atom. The molecule has 0 N–H and O–H groups in total. The lowest BCUT2D eigenvalue weighted by atomic mass is 9.86. The van der Waals surface area contributed by atoms with E-state index in [2.05, 4.69) is 206 Å². The highest BCUT2D eigenvalue weighted by molar-refractivity contribution is 6.29. The number of nitrogens with zero attached hydrogens (tertiary/aromatic N) is 2. The summed E-state index contributed by atoms with van der Waals surface area (Å²) in [6, 6.07) is 48.5. The maximum absolute atomic E-state index is 2.53. The SMILES string of the molecule is Cc1cccc(C)c1N(c1ccc(C(C)C)cc1)c1ccc2ccc3c(N(c4ccc(C(C)C)cc4)c4c(C)cccc4C)cc(C(C)C)c4ccc1c2c43. The van der Waals surface area contributed by atoms with E-state index in [1.807, 2.05) is 0 Å². The van der Waals surface area contributed by atoms with Crippen molar-refractivity contribution in [2.45, 2.75) is 87.0 Å². The third-order valence-corrected chi connectivity index (χ3v) is 11.8. The average molecular weight is 719 g/mol. The molecule has 0 spiro atoms. The summed E-state index contributed by atoms with van der Waals surface area (Å²) in [5, 5.41) is 7.79. The molecule has 0 bridgehead atoms. The Labute approximate surface area is 328 Å². The van der Waals surface area contributed by atoms with Crippen LogP contribution in [0.5, 0.6) is 0 Å². The summed E-state index contributed by atoms with van der Waals surface area (Å²) >= 11 is 0. The molecule has 0 saturated carbocycles. The lowest BCUT2D eigenvalue weighted by molar-refractivity contribution is 0.866. The van der Waals surface area contributed by atoms with Gasteiger partial charge in [-0.3, -0.25) is 0 Å². The van der Waals surface area contributed by atoms with Crippen LogP contribution in [0.15, 0.2) is 127 Å². The maximum Gasteiger partial charge on any atom is 0.0543 e. The number of aryl methyl sites for hydroxylation is 4. The van der Waals surface area contributed by atoms with Gasteiger partial charge in [0, 0.05) is 22.1 Å². The van der Waals surface area contributed by atoms with Crippen LogP contribution < -0.4 is 9.80 Å². The molecule has 2 nitrogen and oxygen atoms in total. The molecule has 0 aliphatic heterocycles. The van der Waals surface area contributed by atoms with Crippen molar-refractivity contribution in [2.75, 3.05) is 9.80 Å². The van der Waals surface area contributed by atoms with Gasteiger partial charge in [-0.25, -0.2) is 0 Å². The second-order valence-electron chi connectivity index (χ2n) is 16.6. The van der Waals surface area contributed by atoms with Gasteiger partial charge in [0.2, 0.25) is 0 Å². The van der Waals surface area contributed by atoms with Crippen LogP contribution in [0.1, 0.15) is 98.2 Å². The molecule has 0 amide bonds. The van der Waals surface area contributed by atoms with Crippen molar-refractivity contribution in [3.63, 3.8) is 0 Å². The van der Waals surface area contributed by atoms with Crippen LogP contribution in [0.25, 0.3) is 32.3 Å². The van der Waals surface area contributed by atoms with Gasteiger partial charge in [-0.2, -0.15) is 0 Å². The third-order valence-electron chi connectivity index (χ3n) is 11.8. The number of benzene rings is 8. The van der Waals surface area contributed by atoms with Crippen molar-refractivity contribution in [1.82, 2.24) is 0 Å². The largest absolute Gasteiger partial charge is 0.309 e. The summed E-state index contributed by atoms with van der Waals surface area (Å²) in [6.07, 6.45) is 0. The van der Waals surface area contributed by atoms with E-state index >= 15 is 0 Å². The molecule has 0 atom stereocenters. The number of hydrogen-bond acceptors (Lipinski definition) is 2. The Kier molecular flexibility index (Phi) is 9.42. The first-order valence-corrected chi connectivity index (χ1v) is 20.1. The average Bonchev–Trinajstić information content (AvgIpc) is 3.17. The number of para-hydroxylation sites is 2. The first-order valence-electron chi connectivity index (χ1n) is 20.1. The molecule has 0 aromatic heterocycles. The predicted octanol–water partition coefficient (Wildman–Crippen LogP) is 16.1. The molecule has 0 radical (unpaired) electrons. The summed E-state index contributed by atoms with van der Waals surface area (Å²) in [6.45, 7) is 22.7. The Hall–Kier alpha value is -5.60. The Morgan fingerprint density at radius 3 is 1.27 bits per heavy atom. The van der Waals surface area contributed by atoms with Crippen molar-refractivity contribution >= 4 is 66.4 Å². The van der Waals surface area contributed by atoms with Crippen LogP contribution in [0.3, 0.4) is 0 Å². The zero-order valence-corrected chi connectivity index (χ0v) is 34.3. The van der Waals surface area contributed by atoms with Crippen LogP contribution in [-0.2, 0) is 0 Å². The second kappa shape index (κ2) is 14.2. The molecule has 55 heavy (non-hydrogen) atoms. The van der Waals surface area contributed by atoms with E-state index in [0.29, 0.717) is 17.8 Å². The molecule has 0 heterocycles. The lowest BCUT2D eigenvalue weighted by Crippen LogP contribution is -2.15. The van der Waals surface area contributed by atoms with E-state index in [0.717, 1.165) is 0 Å². The summed E-state index contributed by atoms with van der Waals surface area (Å²) in [5.74, 6) is 1.27. The second-order valence-corrected chi connectivity index (χ2v) is 16.6. The lowest BCUT2D eigenvalue weighted by Gasteiger charge is -2.32. The number of anilines is 6. The fourth-order valence-corrected chi connectivity index (χ4v) is 8.86. The Balaban J connectivity index is 1.47.